The fourth-order valence-corrected chi connectivity index (χ4v) is 2.04. The minimum Gasteiger partial charge on any atom is -0.495 e. The third-order valence-electron chi connectivity index (χ3n) is 3.26. The van der Waals surface area contributed by atoms with E-state index in [1.165, 1.54) is 11.1 Å². The van der Waals surface area contributed by atoms with Gasteiger partial charge in [-0.1, -0.05) is 0 Å². The zero-order valence-electron chi connectivity index (χ0n) is 11.8. The van der Waals surface area contributed by atoms with Gasteiger partial charge in [0.2, 0.25) is 0 Å². The Hall–Kier alpha value is -2.17. The quantitative estimate of drug-likeness (QED) is 0.884. The molecular weight excluding hydrogens is 240 g/mol. The highest BCUT2D eigenvalue weighted by Crippen LogP contribution is 2.31. The minimum absolute atomic E-state index is 0.510. The van der Waals surface area contributed by atoms with Gasteiger partial charge in [0, 0.05) is 13.1 Å². The van der Waals surface area contributed by atoms with E-state index < -0.39 is 0 Å². The first-order chi connectivity index (χ1) is 9.01. The molecule has 0 radical (unpaired) electrons. The van der Waals surface area contributed by atoms with Crippen LogP contribution in [0.5, 0.6) is 5.75 Å². The number of H-pyrrole nitrogens is 1. The number of rotatable bonds is 4. The number of nitrogens with two attached hydrogens (primary N) is 1. The Morgan fingerprint density at radius 2 is 1.95 bits per heavy atom. The average Bonchev–Trinajstić information content (AvgIpc) is 2.77. The minimum atomic E-state index is 0.510. The van der Waals surface area contributed by atoms with E-state index in [-0.39, 0.29) is 0 Å². The Morgan fingerprint density at radius 1 is 1.26 bits per heavy atom. The molecule has 1 heterocycles. The van der Waals surface area contributed by atoms with Crippen LogP contribution in [0.1, 0.15) is 16.8 Å². The third-order valence-corrected chi connectivity index (χ3v) is 3.26. The van der Waals surface area contributed by atoms with Crippen molar-refractivity contribution >= 4 is 11.5 Å². The Morgan fingerprint density at radius 3 is 2.53 bits per heavy atom. The van der Waals surface area contributed by atoms with Crippen LogP contribution >= 0.6 is 0 Å². The van der Waals surface area contributed by atoms with Gasteiger partial charge in [0.1, 0.15) is 11.6 Å². The van der Waals surface area contributed by atoms with Crippen molar-refractivity contribution in [3.05, 3.63) is 35.0 Å². The molecule has 0 saturated carbocycles. The molecular formula is C14H20N4O. The maximum Gasteiger partial charge on any atom is 0.145 e. The van der Waals surface area contributed by atoms with Gasteiger partial charge < -0.3 is 15.4 Å². The standard InChI is InChI=1S/C14H20N4O/c1-9-5-12(13(19-4)6-10(9)2)18(3)8-11-7-14(15)17-16-11/h5-7H,8H2,1-4H3,(H3,15,16,17). The van der Waals surface area contributed by atoms with Crippen LogP contribution in [0.4, 0.5) is 11.5 Å². The van der Waals surface area contributed by atoms with Crippen molar-refractivity contribution in [1.29, 1.82) is 0 Å². The van der Waals surface area contributed by atoms with E-state index in [2.05, 4.69) is 41.1 Å². The summed E-state index contributed by atoms with van der Waals surface area (Å²) in [6, 6.07) is 6.03. The molecule has 0 unspecified atom stereocenters. The van der Waals surface area contributed by atoms with Gasteiger partial charge in [-0.15, -0.1) is 0 Å². The van der Waals surface area contributed by atoms with Crippen LogP contribution in [0.15, 0.2) is 18.2 Å². The highest BCUT2D eigenvalue weighted by atomic mass is 16.5. The number of nitrogens with zero attached hydrogens (tertiary/aromatic N) is 2. The number of nitrogen functional groups attached to an aromatic ring is 1. The third kappa shape index (κ3) is 2.81. The number of aromatic nitrogens is 2. The van der Waals surface area contributed by atoms with E-state index in [1.54, 1.807) is 7.11 Å². The molecule has 0 bridgehead atoms. The fraction of sp³-hybridized carbons (Fsp3) is 0.357. The summed E-state index contributed by atoms with van der Waals surface area (Å²) in [5, 5.41) is 6.84. The molecule has 0 saturated heterocycles. The maximum absolute atomic E-state index is 5.61. The van der Waals surface area contributed by atoms with Gasteiger partial charge in [-0.25, -0.2) is 0 Å². The van der Waals surface area contributed by atoms with Gasteiger partial charge in [-0.05, 0) is 37.1 Å². The number of hydrogen-bond acceptors (Lipinski definition) is 4. The van der Waals surface area contributed by atoms with Gasteiger partial charge in [0.15, 0.2) is 0 Å². The molecule has 2 rings (SSSR count). The predicted octanol–water partition coefficient (Wildman–Crippen LogP) is 2.25. The van der Waals surface area contributed by atoms with Crippen LogP contribution in [0.3, 0.4) is 0 Å². The lowest BCUT2D eigenvalue weighted by Crippen LogP contribution is -2.17. The molecule has 5 heteroatoms. The van der Waals surface area contributed by atoms with Crippen molar-refractivity contribution < 1.29 is 4.74 Å². The number of hydrogen-bond donors (Lipinski definition) is 2. The molecule has 5 nitrogen and oxygen atoms in total. The van der Waals surface area contributed by atoms with Crippen molar-refractivity contribution in [2.75, 3.05) is 24.8 Å². The molecule has 0 aliphatic carbocycles. The largest absolute Gasteiger partial charge is 0.495 e. The van der Waals surface area contributed by atoms with Crippen LogP contribution in [-0.4, -0.2) is 24.4 Å². The topological polar surface area (TPSA) is 67.2 Å². The Kier molecular flexibility index (Phi) is 3.64. The summed E-state index contributed by atoms with van der Waals surface area (Å²) in [7, 11) is 3.71. The maximum atomic E-state index is 5.61. The number of nitrogens with one attached hydrogen (secondary N) is 1. The first kappa shape index (κ1) is 13.3. The Labute approximate surface area is 113 Å². The smallest absolute Gasteiger partial charge is 0.145 e. The molecule has 3 N–H and O–H groups in total. The van der Waals surface area contributed by atoms with E-state index in [1.807, 2.05) is 13.1 Å². The SMILES string of the molecule is COc1cc(C)c(C)cc1N(C)Cc1cc(N)n[nH]1. The molecule has 102 valence electrons. The summed E-state index contributed by atoms with van der Waals surface area (Å²) >= 11 is 0. The zero-order valence-corrected chi connectivity index (χ0v) is 11.8. The molecule has 1 aromatic heterocycles. The number of anilines is 2. The highest BCUT2D eigenvalue weighted by molar-refractivity contribution is 5.61. The van der Waals surface area contributed by atoms with Crippen LogP contribution < -0.4 is 15.4 Å². The Bertz CT molecular complexity index is 577. The number of methoxy groups -OCH3 is 1. The fourth-order valence-electron chi connectivity index (χ4n) is 2.04. The van der Waals surface area contributed by atoms with E-state index in [4.69, 9.17) is 10.5 Å². The average molecular weight is 260 g/mol. The van der Waals surface area contributed by atoms with Crippen molar-refractivity contribution in [3.8, 4) is 5.75 Å². The molecule has 2 aromatic rings. The Balaban J connectivity index is 2.27. The summed E-state index contributed by atoms with van der Waals surface area (Å²) in [6.45, 7) is 4.88. The molecule has 0 spiro atoms. The summed E-state index contributed by atoms with van der Waals surface area (Å²) in [5.41, 5.74) is 10.1. The number of ether oxygens (including phenoxy) is 1. The lowest BCUT2D eigenvalue weighted by molar-refractivity contribution is 0.414. The van der Waals surface area contributed by atoms with Crippen LogP contribution in [-0.2, 0) is 6.54 Å². The molecule has 0 fully saturated rings. The van der Waals surface area contributed by atoms with Crippen LogP contribution in [0.2, 0.25) is 0 Å². The number of aromatic amines is 1. The van der Waals surface area contributed by atoms with Crippen LogP contribution in [0.25, 0.3) is 0 Å². The predicted molar refractivity (Wildman–Crippen MR) is 77.6 cm³/mol. The first-order valence-corrected chi connectivity index (χ1v) is 6.17. The van der Waals surface area contributed by atoms with Gasteiger partial charge in [0.25, 0.3) is 0 Å². The van der Waals surface area contributed by atoms with Crippen LogP contribution in [0, 0.1) is 13.8 Å². The lowest BCUT2D eigenvalue weighted by Gasteiger charge is -2.22. The molecule has 0 aliphatic heterocycles. The van der Waals surface area contributed by atoms with E-state index in [0.717, 1.165) is 17.1 Å². The summed E-state index contributed by atoms with van der Waals surface area (Å²) in [6.07, 6.45) is 0. The normalized spacial score (nSPS) is 10.5. The van der Waals surface area contributed by atoms with E-state index in [9.17, 15) is 0 Å². The summed E-state index contributed by atoms with van der Waals surface area (Å²) in [5.74, 6) is 1.38. The van der Waals surface area contributed by atoms with Gasteiger partial charge in [0.05, 0.1) is 25.0 Å². The molecule has 19 heavy (non-hydrogen) atoms. The molecule has 1 aromatic carbocycles. The van der Waals surface area contributed by atoms with Gasteiger partial charge in [-0.3, -0.25) is 5.10 Å². The second-order valence-corrected chi connectivity index (χ2v) is 4.78. The van der Waals surface area contributed by atoms with Gasteiger partial charge in [-0.2, -0.15) is 5.10 Å². The van der Waals surface area contributed by atoms with Crippen molar-refractivity contribution in [3.63, 3.8) is 0 Å². The summed E-state index contributed by atoms with van der Waals surface area (Å²) in [4.78, 5) is 2.11. The lowest BCUT2D eigenvalue weighted by atomic mass is 10.1. The van der Waals surface area contributed by atoms with E-state index in [0.29, 0.717) is 12.4 Å². The van der Waals surface area contributed by atoms with Crippen molar-refractivity contribution in [2.24, 2.45) is 0 Å². The number of aryl methyl sites for hydroxylation is 2. The second-order valence-electron chi connectivity index (χ2n) is 4.78. The van der Waals surface area contributed by atoms with Gasteiger partial charge >= 0.3 is 0 Å². The zero-order chi connectivity index (χ0) is 14.0. The van der Waals surface area contributed by atoms with Crippen molar-refractivity contribution in [1.82, 2.24) is 10.2 Å². The monoisotopic (exact) mass is 260 g/mol. The van der Waals surface area contributed by atoms with Crippen molar-refractivity contribution in [2.45, 2.75) is 20.4 Å². The molecule has 0 atom stereocenters. The molecule has 0 amide bonds. The first-order valence-electron chi connectivity index (χ1n) is 6.17. The second kappa shape index (κ2) is 5.22. The molecule has 0 aliphatic rings. The van der Waals surface area contributed by atoms with E-state index >= 15 is 0 Å². The number of benzene rings is 1. The highest BCUT2D eigenvalue weighted by Gasteiger charge is 2.11. The summed E-state index contributed by atoms with van der Waals surface area (Å²) < 4.78 is 5.45.